The fourth-order valence-corrected chi connectivity index (χ4v) is 2.25. The first-order valence-electron chi connectivity index (χ1n) is 4.15. The van der Waals surface area contributed by atoms with E-state index >= 15 is 0 Å². The lowest BCUT2D eigenvalue weighted by molar-refractivity contribution is -0.114. The van der Waals surface area contributed by atoms with Gasteiger partial charge in [-0.15, -0.1) is 0 Å². The van der Waals surface area contributed by atoms with Crippen LogP contribution in [0, 0.1) is 0 Å². The van der Waals surface area contributed by atoms with Gasteiger partial charge in [-0.3, -0.25) is 4.79 Å². The number of hydrogen-bond donors (Lipinski definition) is 0. The molecule has 0 saturated carbocycles. The Kier molecular flexibility index (Phi) is 3.24. The summed E-state index contributed by atoms with van der Waals surface area (Å²) in [5, 5.41) is 0. The molecule has 0 N–H and O–H groups in total. The van der Waals surface area contributed by atoms with Gasteiger partial charge in [0.1, 0.15) is 0 Å². The molecule has 0 atom stereocenters. The standard InChI is InChI=1S/C9H11NO3S/c1-2-10(8-11)14(12,13)9-6-4-3-5-7-9/h3-8H,2H2,1H3. The van der Waals surface area contributed by atoms with E-state index in [2.05, 4.69) is 0 Å². The minimum Gasteiger partial charge on any atom is -0.278 e. The van der Waals surface area contributed by atoms with E-state index in [0.717, 1.165) is 4.31 Å². The zero-order valence-electron chi connectivity index (χ0n) is 7.75. The van der Waals surface area contributed by atoms with E-state index in [1.54, 1.807) is 25.1 Å². The van der Waals surface area contributed by atoms with Crippen LogP contribution in [0.4, 0.5) is 0 Å². The van der Waals surface area contributed by atoms with Crippen molar-refractivity contribution in [3.63, 3.8) is 0 Å². The maximum Gasteiger partial charge on any atom is 0.266 e. The van der Waals surface area contributed by atoms with Crippen molar-refractivity contribution >= 4 is 16.4 Å². The van der Waals surface area contributed by atoms with Gasteiger partial charge >= 0.3 is 0 Å². The molecular formula is C9H11NO3S. The Morgan fingerprint density at radius 1 is 1.29 bits per heavy atom. The maximum atomic E-state index is 11.7. The summed E-state index contributed by atoms with van der Waals surface area (Å²) in [5.74, 6) is 0. The van der Waals surface area contributed by atoms with Crippen molar-refractivity contribution in [2.45, 2.75) is 11.8 Å². The monoisotopic (exact) mass is 213 g/mol. The van der Waals surface area contributed by atoms with Crippen molar-refractivity contribution in [2.75, 3.05) is 6.54 Å². The first kappa shape index (κ1) is 10.7. The first-order valence-corrected chi connectivity index (χ1v) is 5.59. The molecule has 1 aromatic rings. The van der Waals surface area contributed by atoms with Crippen LogP contribution >= 0.6 is 0 Å². The minimum atomic E-state index is -3.64. The van der Waals surface area contributed by atoms with E-state index in [9.17, 15) is 13.2 Å². The van der Waals surface area contributed by atoms with Crippen LogP contribution in [-0.4, -0.2) is 25.7 Å². The molecule has 0 bridgehead atoms. The van der Waals surface area contributed by atoms with Crippen molar-refractivity contribution in [3.05, 3.63) is 30.3 Å². The summed E-state index contributed by atoms with van der Waals surface area (Å²) < 4.78 is 24.1. The number of hydrogen-bond acceptors (Lipinski definition) is 3. The zero-order chi connectivity index (χ0) is 10.6. The van der Waals surface area contributed by atoms with Crippen molar-refractivity contribution in [3.8, 4) is 0 Å². The van der Waals surface area contributed by atoms with Crippen LogP contribution in [0.3, 0.4) is 0 Å². The fourth-order valence-electron chi connectivity index (χ4n) is 1.03. The smallest absolute Gasteiger partial charge is 0.266 e. The molecule has 1 amide bonds. The third kappa shape index (κ3) is 1.93. The molecule has 0 aromatic heterocycles. The van der Waals surface area contributed by atoms with E-state index in [-0.39, 0.29) is 11.4 Å². The van der Waals surface area contributed by atoms with Gasteiger partial charge in [0.05, 0.1) is 4.90 Å². The third-order valence-corrected chi connectivity index (χ3v) is 3.61. The highest BCUT2D eigenvalue weighted by molar-refractivity contribution is 7.89. The highest BCUT2D eigenvalue weighted by atomic mass is 32.2. The van der Waals surface area contributed by atoms with Crippen molar-refractivity contribution < 1.29 is 13.2 Å². The highest BCUT2D eigenvalue weighted by Crippen LogP contribution is 2.12. The Morgan fingerprint density at radius 3 is 2.29 bits per heavy atom. The SMILES string of the molecule is CCN(C=O)S(=O)(=O)c1ccccc1. The summed E-state index contributed by atoms with van der Waals surface area (Å²) in [6.07, 6.45) is 0.322. The summed E-state index contributed by atoms with van der Waals surface area (Å²) in [6.45, 7) is 1.75. The fraction of sp³-hybridized carbons (Fsp3) is 0.222. The molecule has 1 aromatic carbocycles. The van der Waals surface area contributed by atoms with Gasteiger partial charge in [0, 0.05) is 6.54 Å². The number of amides is 1. The van der Waals surface area contributed by atoms with Crippen molar-refractivity contribution in [2.24, 2.45) is 0 Å². The Hall–Kier alpha value is -1.36. The molecule has 0 saturated heterocycles. The van der Waals surface area contributed by atoms with Gasteiger partial charge in [-0.05, 0) is 19.1 Å². The van der Waals surface area contributed by atoms with Gasteiger partial charge in [0.25, 0.3) is 10.0 Å². The second-order valence-electron chi connectivity index (χ2n) is 2.63. The lowest BCUT2D eigenvalue weighted by Gasteiger charge is -2.14. The lowest BCUT2D eigenvalue weighted by atomic mass is 10.4. The van der Waals surface area contributed by atoms with Crippen LogP contribution in [0.2, 0.25) is 0 Å². The van der Waals surface area contributed by atoms with E-state index in [1.165, 1.54) is 12.1 Å². The molecule has 0 fully saturated rings. The molecule has 0 spiro atoms. The molecule has 14 heavy (non-hydrogen) atoms. The molecular weight excluding hydrogens is 202 g/mol. The number of sulfonamides is 1. The number of carbonyl (C=O) groups is 1. The Bertz CT molecular complexity index is 399. The molecule has 1 rings (SSSR count). The van der Waals surface area contributed by atoms with Crippen LogP contribution in [0.5, 0.6) is 0 Å². The quantitative estimate of drug-likeness (QED) is 0.697. The molecule has 0 radical (unpaired) electrons. The summed E-state index contributed by atoms with van der Waals surface area (Å²) in [7, 11) is -3.64. The van der Waals surface area contributed by atoms with Crippen molar-refractivity contribution in [1.29, 1.82) is 0 Å². The maximum absolute atomic E-state index is 11.7. The first-order chi connectivity index (χ1) is 6.62. The van der Waals surface area contributed by atoms with Gasteiger partial charge in [0.2, 0.25) is 6.41 Å². The van der Waals surface area contributed by atoms with Gasteiger partial charge in [-0.2, -0.15) is 0 Å². The zero-order valence-corrected chi connectivity index (χ0v) is 8.57. The predicted octanol–water partition coefficient (Wildman–Crippen LogP) is 0.854. The van der Waals surface area contributed by atoms with Crippen LogP contribution < -0.4 is 0 Å². The molecule has 4 nitrogen and oxygen atoms in total. The molecule has 0 aliphatic heterocycles. The van der Waals surface area contributed by atoms with E-state index in [4.69, 9.17) is 0 Å². The largest absolute Gasteiger partial charge is 0.278 e. The molecule has 0 unspecified atom stereocenters. The normalized spacial score (nSPS) is 10.9. The average molecular weight is 213 g/mol. The molecule has 0 aliphatic rings. The predicted molar refractivity (Wildman–Crippen MR) is 52.1 cm³/mol. The number of rotatable bonds is 4. The van der Waals surface area contributed by atoms with E-state index in [0.29, 0.717) is 6.41 Å². The summed E-state index contributed by atoms with van der Waals surface area (Å²) >= 11 is 0. The lowest BCUT2D eigenvalue weighted by Crippen LogP contribution is -2.29. The number of carbonyl (C=O) groups excluding carboxylic acids is 1. The van der Waals surface area contributed by atoms with Gasteiger partial charge in [0.15, 0.2) is 0 Å². The second kappa shape index (κ2) is 4.23. The van der Waals surface area contributed by atoms with Crippen LogP contribution in [0.1, 0.15) is 6.92 Å². The third-order valence-electron chi connectivity index (χ3n) is 1.78. The van der Waals surface area contributed by atoms with E-state index < -0.39 is 10.0 Å². The van der Waals surface area contributed by atoms with Crippen LogP contribution in [-0.2, 0) is 14.8 Å². The Balaban J connectivity index is 3.14. The summed E-state index contributed by atoms with van der Waals surface area (Å²) in [5.41, 5.74) is 0. The molecule has 5 heteroatoms. The number of benzene rings is 1. The van der Waals surface area contributed by atoms with Crippen molar-refractivity contribution in [1.82, 2.24) is 4.31 Å². The van der Waals surface area contributed by atoms with Crippen LogP contribution in [0.15, 0.2) is 35.2 Å². The summed E-state index contributed by atoms with van der Waals surface area (Å²) in [6, 6.07) is 7.87. The number of nitrogens with zero attached hydrogens (tertiary/aromatic N) is 1. The van der Waals surface area contributed by atoms with Crippen LogP contribution in [0.25, 0.3) is 0 Å². The van der Waals surface area contributed by atoms with Gasteiger partial charge in [-0.25, -0.2) is 12.7 Å². The Morgan fingerprint density at radius 2 is 1.86 bits per heavy atom. The summed E-state index contributed by atoms with van der Waals surface area (Å²) in [4.78, 5) is 10.6. The average Bonchev–Trinajstić information content (AvgIpc) is 2.20. The topological polar surface area (TPSA) is 54.5 Å². The highest BCUT2D eigenvalue weighted by Gasteiger charge is 2.20. The molecule has 0 heterocycles. The van der Waals surface area contributed by atoms with Gasteiger partial charge < -0.3 is 0 Å². The molecule has 76 valence electrons. The van der Waals surface area contributed by atoms with E-state index in [1.807, 2.05) is 0 Å². The Labute approximate surface area is 83.2 Å². The molecule has 0 aliphatic carbocycles. The minimum absolute atomic E-state index is 0.133. The van der Waals surface area contributed by atoms with Gasteiger partial charge in [-0.1, -0.05) is 18.2 Å². The second-order valence-corrected chi connectivity index (χ2v) is 4.52.